The average Bonchev–Trinajstić information content (AvgIpc) is 2.84. The molecule has 2 aliphatic rings. The fraction of sp³-hybridized carbons (Fsp3) is 0.588. The molecule has 6 nitrogen and oxygen atoms in total. The van der Waals surface area contributed by atoms with Crippen molar-refractivity contribution in [2.45, 2.75) is 50.6 Å². The standard InChI is InChI=1S/C17H24N4O2/c1-12(2)19-16(23)21-9-5-17(6-10-21)14(11-15(22)20-17)13-3-7-18-8-4-13/h3-4,7-8,12,14H,5-6,9-11H2,1-2H3,(H,19,23)(H,20,22)/t14-/m0/s1. The Labute approximate surface area is 136 Å². The number of rotatable bonds is 2. The van der Waals surface area contributed by atoms with Crippen LogP contribution in [0, 0.1) is 0 Å². The molecule has 2 saturated heterocycles. The lowest BCUT2D eigenvalue weighted by molar-refractivity contribution is -0.120. The molecule has 3 amide bonds. The number of carbonyl (C=O) groups excluding carboxylic acids is 2. The van der Waals surface area contributed by atoms with E-state index in [0.717, 1.165) is 18.4 Å². The van der Waals surface area contributed by atoms with E-state index in [0.29, 0.717) is 19.5 Å². The summed E-state index contributed by atoms with van der Waals surface area (Å²) in [6.07, 6.45) is 5.64. The van der Waals surface area contributed by atoms with E-state index in [-0.39, 0.29) is 29.4 Å². The van der Waals surface area contributed by atoms with E-state index in [1.807, 2.05) is 30.9 Å². The first-order valence-electron chi connectivity index (χ1n) is 8.26. The smallest absolute Gasteiger partial charge is 0.317 e. The van der Waals surface area contributed by atoms with Gasteiger partial charge in [0, 0.05) is 43.9 Å². The highest BCUT2D eigenvalue weighted by molar-refractivity contribution is 5.81. The molecule has 0 radical (unpaired) electrons. The maximum absolute atomic E-state index is 12.1. The van der Waals surface area contributed by atoms with Crippen LogP contribution in [0.2, 0.25) is 0 Å². The number of hydrogen-bond acceptors (Lipinski definition) is 3. The topological polar surface area (TPSA) is 74.3 Å². The van der Waals surface area contributed by atoms with E-state index in [2.05, 4.69) is 15.6 Å². The predicted octanol–water partition coefficient (Wildman–Crippen LogP) is 1.64. The van der Waals surface area contributed by atoms with Gasteiger partial charge in [-0.2, -0.15) is 0 Å². The monoisotopic (exact) mass is 316 g/mol. The van der Waals surface area contributed by atoms with Crippen LogP contribution in [0.5, 0.6) is 0 Å². The lowest BCUT2D eigenvalue weighted by Gasteiger charge is -2.43. The SMILES string of the molecule is CC(C)NC(=O)N1CCC2(CC1)NC(=O)C[C@H]2c1ccncc1. The maximum Gasteiger partial charge on any atom is 0.317 e. The zero-order valence-electron chi connectivity index (χ0n) is 13.7. The zero-order valence-corrected chi connectivity index (χ0v) is 13.7. The van der Waals surface area contributed by atoms with Gasteiger partial charge in [-0.05, 0) is 44.4 Å². The molecule has 2 fully saturated rings. The highest BCUT2D eigenvalue weighted by Crippen LogP contribution is 2.42. The molecule has 1 aromatic heterocycles. The Morgan fingerprint density at radius 1 is 1.35 bits per heavy atom. The van der Waals surface area contributed by atoms with E-state index in [1.165, 1.54) is 0 Å². The second kappa shape index (κ2) is 6.18. The van der Waals surface area contributed by atoms with Crippen LogP contribution in [0.25, 0.3) is 0 Å². The number of carbonyl (C=O) groups is 2. The van der Waals surface area contributed by atoms with E-state index < -0.39 is 0 Å². The minimum absolute atomic E-state index is 0.0142. The van der Waals surface area contributed by atoms with Gasteiger partial charge in [0.25, 0.3) is 0 Å². The molecule has 1 spiro atoms. The number of amides is 3. The Hall–Kier alpha value is -2.11. The third-order valence-corrected chi connectivity index (χ3v) is 4.91. The zero-order chi connectivity index (χ0) is 16.4. The van der Waals surface area contributed by atoms with Gasteiger partial charge in [-0.15, -0.1) is 0 Å². The Morgan fingerprint density at radius 3 is 2.61 bits per heavy atom. The normalized spacial score (nSPS) is 23.2. The lowest BCUT2D eigenvalue weighted by atomic mass is 9.74. The molecule has 2 aliphatic heterocycles. The molecule has 3 heterocycles. The van der Waals surface area contributed by atoms with E-state index in [4.69, 9.17) is 0 Å². The molecule has 0 bridgehead atoms. The molecule has 3 rings (SSSR count). The summed E-state index contributed by atoms with van der Waals surface area (Å²) in [4.78, 5) is 30.1. The largest absolute Gasteiger partial charge is 0.350 e. The number of likely N-dealkylation sites (tertiary alicyclic amines) is 1. The quantitative estimate of drug-likeness (QED) is 0.871. The summed E-state index contributed by atoms with van der Waals surface area (Å²) in [7, 11) is 0. The van der Waals surface area contributed by atoms with Crippen molar-refractivity contribution in [3.8, 4) is 0 Å². The summed E-state index contributed by atoms with van der Waals surface area (Å²) in [6.45, 7) is 5.25. The number of urea groups is 1. The van der Waals surface area contributed by atoms with Gasteiger partial charge in [-0.1, -0.05) is 0 Å². The third-order valence-electron chi connectivity index (χ3n) is 4.91. The van der Waals surface area contributed by atoms with Crippen LogP contribution in [0.15, 0.2) is 24.5 Å². The summed E-state index contributed by atoms with van der Waals surface area (Å²) >= 11 is 0. The fourth-order valence-corrected chi connectivity index (χ4v) is 3.75. The first-order valence-corrected chi connectivity index (χ1v) is 8.26. The van der Waals surface area contributed by atoms with Crippen molar-refractivity contribution in [1.82, 2.24) is 20.5 Å². The van der Waals surface area contributed by atoms with Crippen LogP contribution in [-0.4, -0.2) is 46.5 Å². The van der Waals surface area contributed by atoms with Crippen LogP contribution in [0.4, 0.5) is 4.79 Å². The van der Waals surface area contributed by atoms with Crippen molar-refractivity contribution in [1.29, 1.82) is 0 Å². The van der Waals surface area contributed by atoms with Gasteiger partial charge in [-0.25, -0.2) is 4.79 Å². The van der Waals surface area contributed by atoms with Crippen LogP contribution < -0.4 is 10.6 Å². The minimum atomic E-state index is -0.229. The summed E-state index contributed by atoms with van der Waals surface area (Å²) in [5, 5.41) is 6.13. The Bertz CT molecular complexity index is 580. The predicted molar refractivity (Wildman–Crippen MR) is 86.9 cm³/mol. The first kappa shape index (κ1) is 15.8. The number of piperidine rings is 1. The molecule has 0 saturated carbocycles. The summed E-state index contributed by atoms with van der Waals surface area (Å²) in [5.41, 5.74) is 0.922. The molecule has 0 unspecified atom stereocenters. The highest BCUT2D eigenvalue weighted by Gasteiger charge is 2.49. The van der Waals surface area contributed by atoms with Gasteiger partial charge in [0.2, 0.25) is 5.91 Å². The van der Waals surface area contributed by atoms with Crippen molar-refractivity contribution >= 4 is 11.9 Å². The molecule has 1 atom stereocenters. The number of nitrogens with zero attached hydrogens (tertiary/aromatic N) is 2. The molecule has 6 heteroatoms. The second-order valence-electron chi connectivity index (χ2n) is 6.83. The van der Waals surface area contributed by atoms with Crippen LogP contribution >= 0.6 is 0 Å². The molecule has 1 aromatic rings. The number of aromatic nitrogens is 1. The summed E-state index contributed by atoms with van der Waals surface area (Å²) in [5.74, 6) is 0.264. The highest BCUT2D eigenvalue weighted by atomic mass is 16.2. The molecular weight excluding hydrogens is 292 g/mol. The molecule has 0 aliphatic carbocycles. The van der Waals surface area contributed by atoms with Crippen molar-refractivity contribution in [3.63, 3.8) is 0 Å². The Morgan fingerprint density at radius 2 is 2.00 bits per heavy atom. The van der Waals surface area contributed by atoms with Crippen LogP contribution in [0.1, 0.15) is 44.6 Å². The van der Waals surface area contributed by atoms with Crippen molar-refractivity contribution in [2.75, 3.05) is 13.1 Å². The van der Waals surface area contributed by atoms with Gasteiger partial charge in [0.1, 0.15) is 0 Å². The van der Waals surface area contributed by atoms with Gasteiger partial charge in [0.15, 0.2) is 0 Å². The molecule has 23 heavy (non-hydrogen) atoms. The lowest BCUT2D eigenvalue weighted by Crippen LogP contribution is -2.56. The van der Waals surface area contributed by atoms with Gasteiger partial charge in [-0.3, -0.25) is 9.78 Å². The second-order valence-corrected chi connectivity index (χ2v) is 6.83. The number of pyridine rings is 1. The first-order chi connectivity index (χ1) is 11.0. The average molecular weight is 316 g/mol. The summed E-state index contributed by atoms with van der Waals surface area (Å²) < 4.78 is 0. The minimum Gasteiger partial charge on any atom is -0.350 e. The van der Waals surface area contributed by atoms with Gasteiger partial charge in [0.05, 0.1) is 5.54 Å². The van der Waals surface area contributed by atoms with Crippen molar-refractivity contribution in [3.05, 3.63) is 30.1 Å². The number of hydrogen-bond donors (Lipinski definition) is 2. The van der Waals surface area contributed by atoms with Crippen molar-refractivity contribution in [2.24, 2.45) is 0 Å². The van der Waals surface area contributed by atoms with E-state index in [1.54, 1.807) is 12.4 Å². The molecule has 0 aromatic carbocycles. The molecule has 124 valence electrons. The Balaban J connectivity index is 1.72. The number of nitrogens with one attached hydrogen (secondary N) is 2. The Kier molecular flexibility index (Phi) is 4.24. The van der Waals surface area contributed by atoms with Crippen LogP contribution in [0.3, 0.4) is 0 Å². The molecule has 2 N–H and O–H groups in total. The van der Waals surface area contributed by atoms with Crippen molar-refractivity contribution < 1.29 is 9.59 Å². The van der Waals surface area contributed by atoms with Gasteiger partial charge >= 0.3 is 6.03 Å². The van der Waals surface area contributed by atoms with Gasteiger partial charge < -0.3 is 15.5 Å². The van der Waals surface area contributed by atoms with E-state index in [9.17, 15) is 9.59 Å². The maximum atomic E-state index is 12.1. The fourth-order valence-electron chi connectivity index (χ4n) is 3.75. The van der Waals surface area contributed by atoms with E-state index >= 15 is 0 Å². The third kappa shape index (κ3) is 3.16. The molecular formula is C17H24N4O2. The van der Waals surface area contributed by atoms with Crippen LogP contribution in [-0.2, 0) is 4.79 Å². The summed E-state index contributed by atoms with van der Waals surface area (Å²) in [6, 6.07) is 4.10.